The number of carbonyl (C=O) groups is 1. The molecule has 5 heteroatoms. The highest BCUT2D eigenvalue weighted by atomic mass is 79.9. The summed E-state index contributed by atoms with van der Waals surface area (Å²) in [7, 11) is 1.40. The number of esters is 1. The molecule has 0 atom stereocenters. The zero-order valence-corrected chi connectivity index (χ0v) is 14.7. The first kappa shape index (κ1) is 16.0. The van der Waals surface area contributed by atoms with Gasteiger partial charge >= 0.3 is 5.97 Å². The largest absolute Gasteiger partial charge is 0.469 e. The van der Waals surface area contributed by atoms with Crippen molar-refractivity contribution >= 4 is 43.5 Å². The number of benzene rings is 2. The monoisotopic (exact) mass is 411 g/mol. The molecule has 0 aliphatic carbocycles. The predicted octanol–water partition coefficient (Wildman–Crippen LogP) is 4.54. The summed E-state index contributed by atoms with van der Waals surface area (Å²) in [4.78, 5) is 11.5. The van der Waals surface area contributed by atoms with Crippen molar-refractivity contribution in [2.75, 3.05) is 12.4 Å². The van der Waals surface area contributed by atoms with Crippen molar-refractivity contribution < 1.29 is 9.53 Å². The van der Waals surface area contributed by atoms with Gasteiger partial charge in [-0.3, -0.25) is 4.79 Å². The second kappa shape index (κ2) is 7.61. The van der Waals surface area contributed by atoms with E-state index >= 15 is 0 Å². The molecule has 110 valence electrons. The lowest BCUT2D eigenvalue weighted by atomic mass is 10.0. The number of halogens is 2. The molecule has 0 radical (unpaired) electrons. The number of rotatable bonds is 5. The van der Waals surface area contributed by atoms with E-state index in [9.17, 15) is 4.79 Å². The van der Waals surface area contributed by atoms with Gasteiger partial charge < -0.3 is 10.1 Å². The van der Waals surface area contributed by atoms with E-state index in [4.69, 9.17) is 4.74 Å². The summed E-state index contributed by atoms with van der Waals surface area (Å²) < 4.78 is 6.71. The van der Waals surface area contributed by atoms with Crippen LogP contribution in [0.15, 0.2) is 51.4 Å². The van der Waals surface area contributed by atoms with Crippen molar-refractivity contribution in [3.8, 4) is 0 Å². The minimum Gasteiger partial charge on any atom is -0.469 e. The average molecular weight is 413 g/mol. The fraction of sp³-hybridized carbons (Fsp3) is 0.188. The van der Waals surface area contributed by atoms with E-state index in [1.54, 1.807) is 0 Å². The number of hydrogen-bond donors (Lipinski definition) is 1. The summed E-state index contributed by atoms with van der Waals surface area (Å²) in [5, 5.41) is 3.38. The Labute approximate surface area is 141 Å². The van der Waals surface area contributed by atoms with Crippen molar-refractivity contribution in [3.05, 3.63) is 62.5 Å². The van der Waals surface area contributed by atoms with Crippen LogP contribution in [0.2, 0.25) is 0 Å². The maximum Gasteiger partial charge on any atom is 0.309 e. The van der Waals surface area contributed by atoms with Crippen LogP contribution in [0, 0.1) is 0 Å². The fourth-order valence-electron chi connectivity index (χ4n) is 1.98. The minimum absolute atomic E-state index is 0.232. The molecule has 0 bridgehead atoms. The van der Waals surface area contributed by atoms with E-state index in [-0.39, 0.29) is 12.4 Å². The molecule has 0 heterocycles. The first-order valence-electron chi connectivity index (χ1n) is 6.43. The molecule has 0 saturated heterocycles. The molecular weight excluding hydrogens is 398 g/mol. The van der Waals surface area contributed by atoms with Crippen LogP contribution in [0.1, 0.15) is 11.1 Å². The van der Waals surface area contributed by atoms with Crippen LogP contribution in [0.5, 0.6) is 0 Å². The summed E-state index contributed by atoms with van der Waals surface area (Å²) in [6, 6.07) is 13.8. The van der Waals surface area contributed by atoms with Gasteiger partial charge in [-0.15, -0.1) is 0 Å². The Hall–Kier alpha value is -1.33. The molecule has 21 heavy (non-hydrogen) atoms. The smallest absolute Gasteiger partial charge is 0.309 e. The van der Waals surface area contributed by atoms with Crippen LogP contribution in [0.3, 0.4) is 0 Å². The number of ether oxygens (including phenoxy) is 1. The molecule has 1 N–H and O–H groups in total. The van der Waals surface area contributed by atoms with Gasteiger partial charge in [-0.05, 0) is 55.1 Å². The lowest BCUT2D eigenvalue weighted by molar-refractivity contribution is -0.139. The number of methoxy groups -OCH3 is 1. The highest BCUT2D eigenvalue weighted by Gasteiger charge is 2.09. The van der Waals surface area contributed by atoms with E-state index in [0.29, 0.717) is 6.54 Å². The number of para-hydroxylation sites is 1. The number of anilines is 1. The maximum atomic E-state index is 11.5. The Kier molecular flexibility index (Phi) is 5.82. The molecule has 0 fully saturated rings. The van der Waals surface area contributed by atoms with Gasteiger partial charge in [-0.25, -0.2) is 0 Å². The molecule has 0 amide bonds. The fourth-order valence-corrected chi connectivity index (χ4v) is 3.26. The highest BCUT2D eigenvalue weighted by molar-refractivity contribution is 9.11. The second-order valence-corrected chi connectivity index (χ2v) is 6.18. The van der Waals surface area contributed by atoms with Gasteiger partial charge in [0.15, 0.2) is 0 Å². The lowest BCUT2D eigenvalue weighted by Gasteiger charge is -2.13. The molecule has 0 aliphatic heterocycles. The number of nitrogens with one attached hydrogen (secondary N) is 1. The molecule has 2 aromatic rings. The van der Waals surface area contributed by atoms with Gasteiger partial charge in [-0.2, -0.15) is 0 Å². The van der Waals surface area contributed by atoms with Gasteiger partial charge in [-0.1, -0.05) is 30.3 Å². The zero-order chi connectivity index (χ0) is 15.2. The summed E-state index contributed by atoms with van der Waals surface area (Å²) in [5.74, 6) is -0.232. The van der Waals surface area contributed by atoms with E-state index in [2.05, 4.69) is 37.2 Å². The van der Waals surface area contributed by atoms with E-state index in [1.807, 2.05) is 42.5 Å². The van der Waals surface area contributed by atoms with E-state index in [1.165, 1.54) is 7.11 Å². The molecule has 0 unspecified atom stereocenters. The van der Waals surface area contributed by atoms with Gasteiger partial charge in [0.2, 0.25) is 0 Å². The average Bonchev–Trinajstić information content (AvgIpc) is 2.48. The van der Waals surface area contributed by atoms with Crippen molar-refractivity contribution in [2.24, 2.45) is 0 Å². The molecule has 2 aromatic carbocycles. The first-order chi connectivity index (χ1) is 10.1. The van der Waals surface area contributed by atoms with Crippen LogP contribution < -0.4 is 5.32 Å². The standard InChI is InChI=1S/C16H15Br2NO2/c1-21-15(20)9-11-5-2-3-6-12(11)10-19-16-13(17)7-4-8-14(16)18/h2-8,19H,9-10H2,1H3. The molecular formula is C16H15Br2NO2. The number of carbonyl (C=O) groups excluding carboxylic acids is 1. The Bertz CT molecular complexity index is 624. The molecule has 0 aliphatic rings. The Morgan fingerprint density at radius 3 is 2.29 bits per heavy atom. The first-order valence-corrected chi connectivity index (χ1v) is 8.02. The van der Waals surface area contributed by atoms with Gasteiger partial charge in [0.1, 0.15) is 0 Å². The quantitative estimate of drug-likeness (QED) is 0.732. The topological polar surface area (TPSA) is 38.3 Å². The SMILES string of the molecule is COC(=O)Cc1ccccc1CNc1c(Br)cccc1Br. The molecule has 0 spiro atoms. The third-order valence-corrected chi connectivity index (χ3v) is 4.42. The third-order valence-electron chi connectivity index (χ3n) is 3.10. The zero-order valence-electron chi connectivity index (χ0n) is 11.5. The minimum atomic E-state index is -0.232. The van der Waals surface area contributed by atoms with E-state index < -0.39 is 0 Å². The number of hydrogen-bond acceptors (Lipinski definition) is 3. The normalized spacial score (nSPS) is 10.2. The van der Waals surface area contributed by atoms with Crippen LogP contribution in [-0.2, 0) is 22.5 Å². The van der Waals surface area contributed by atoms with Crippen molar-refractivity contribution in [3.63, 3.8) is 0 Å². The Morgan fingerprint density at radius 1 is 1.05 bits per heavy atom. The summed E-state index contributed by atoms with van der Waals surface area (Å²) >= 11 is 7.05. The molecule has 0 saturated carbocycles. The third kappa shape index (κ3) is 4.32. The summed E-state index contributed by atoms with van der Waals surface area (Å²) in [6.07, 6.45) is 0.283. The van der Waals surface area contributed by atoms with Gasteiger partial charge in [0.25, 0.3) is 0 Å². The van der Waals surface area contributed by atoms with Gasteiger partial charge in [0.05, 0.1) is 19.2 Å². The van der Waals surface area contributed by atoms with Crippen LogP contribution in [-0.4, -0.2) is 13.1 Å². The van der Waals surface area contributed by atoms with Crippen LogP contribution in [0.4, 0.5) is 5.69 Å². The van der Waals surface area contributed by atoms with Crippen LogP contribution in [0.25, 0.3) is 0 Å². The van der Waals surface area contributed by atoms with Crippen molar-refractivity contribution in [1.82, 2.24) is 0 Å². The highest BCUT2D eigenvalue weighted by Crippen LogP contribution is 2.31. The summed E-state index contributed by atoms with van der Waals surface area (Å²) in [5.41, 5.74) is 3.04. The Morgan fingerprint density at radius 2 is 1.67 bits per heavy atom. The van der Waals surface area contributed by atoms with E-state index in [0.717, 1.165) is 25.8 Å². The van der Waals surface area contributed by atoms with Crippen molar-refractivity contribution in [2.45, 2.75) is 13.0 Å². The van der Waals surface area contributed by atoms with Crippen molar-refractivity contribution in [1.29, 1.82) is 0 Å². The maximum absolute atomic E-state index is 11.5. The molecule has 0 aromatic heterocycles. The van der Waals surface area contributed by atoms with Gasteiger partial charge in [0, 0.05) is 15.5 Å². The second-order valence-electron chi connectivity index (χ2n) is 4.47. The Balaban J connectivity index is 2.15. The molecule has 3 nitrogen and oxygen atoms in total. The lowest BCUT2D eigenvalue weighted by Crippen LogP contribution is -2.09. The predicted molar refractivity (Wildman–Crippen MR) is 91.3 cm³/mol. The van der Waals surface area contributed by atoms with Crippen LogP contribution >= 0.6 is 31.9 Å². The summed E-state index contributed by atoms with van der Waals surface area (Å²) in [6.45, 7) is 0.633. The molecule has 2 rings (SSSR count).